The van der Waals surface area contributed by atoms with E-state index in [2.05, 4.69) is 0 Å². The Morgan fingerprint density at radius 2 is 1.58 bits per heavy atom. The van der Waals surface area contributed by atoms with Crippen molar-refractivity contribution >= 4 is 11.5 Å². The number of ketones is 1. The number of carbonyl (C=O) groups is 1. The maximum absolute atomic E-state index is 12.5. The maximum atomic E-state index is 12.5. The molecule has 1 aliphatic carbocycles. The molecule has 1 saturated carbocycles. The van der Waals surface area contributed by atoms with E-state index in [1.807, 2.05) is 0 Å². The van der Waals surface area contributed by atoms with Crippen LogP contribution in [0, 0.1) is 11.8 Å². The predicted molar refractivity (Wildman–Crippen MR) is 66.7 cm³/mol. The van der Waals surface area contributed by atoms with Gasteiger partial charge in [-0.3, -0.25) is 4.79 Å². The van der Waals surface area contributed by atoms with Gasteiger partial charge in [0.05, 0.1) is 5.92 Å². The number of nitrogen functional groups attached to an aromatic ring is 1. The number of carbonyl (C=O) groups excluding carboxylic acids is 1. The van der Waals surface area contributed by atoms with Gasteiger partial charge in [-0.2, -0.15) is 13.2 Å². The first-order chi connectivity index (χ1) is 8.88. The molecule has 0 atom stereocenters. The smallest absolute Gasteiger partial charge is 0.391 e. The molecule has 1 aromatic carbocycles. The summed E-state index contributed by atoms with van der Waals surface area (Å²) in [6.45, 7) is 0. The molecule has 1 aliphatic rings. The molecule has 1 fully saturated rings. The summed E-state index contributed by atoms with van der Waals surface area (Å²) in [5.74, 6) is -1.61. The van der Waals surface area contributed by atoms with Crippen molar-refractivity contribution in [1.82, 2.24) is 0 Å². The van der Waals surface area contributed by atoms with Gasteiger partial charge in [0, 0.05) is 17.2 Å². The fourth-order valence-corrected chi connectivity index (χ4v) is 2.57. The van der Waals surface area contributed by atoms with Crippen LogP contribution in [0.1, 0.15) is 36.0 Å². The second-order valence-electron chi connectivity index (χ2n) is 5.08. The summed E-state index contributed by atoms with van der Waals surface area (Å²) in [6, 6.07) is 6.53. The third-order valence-electron chi connectivity index (χ3n) is 3.76. The Morgan fingerprint density at radius 1 is 1.05 bits per heavy atom. The van der Waals surface area contributed by atoms with Gasteiger partial charge in [0.2, 0.25) is 0 Å². The number of Topliss-reactive ketones (excluding diaryl/α,β-unsaturated/α-hetero) is 1. The summed E-state index contributed by atoms with van der Waals surface area (Å²) in [7, 11) is 0. The van der Waals surface area contributed by atoms with E-state index >= 15 is 0 Å². The van der Waals surface area contributed by atoms with E-state index in [1.54, 1.807) is 24.3 Å². The van der Waals surface area contributed by atoms with E-state index in [0.29, 0.717) is 24.1 Å². The van der Waals surface area contributed by atoms with Crippen LogP contribution in [0.2, 0.25) is 0 Å². The summed E-state index contributed by atoms with van der Waals surface area (Å²) in [4.78, 5) is 12.1. The highest BCUT2D eigenvalue weighted by Crippen LogP contribution is 2.40. The lowest BCUT2D eigenvalue weighted by molar-refractivity contribution is -0.183. The minimum absolute atomic E-state index is 0.0505. The van der Waals surface area contributed by atoms with E-state index in [9.17, 15) is 18.0 Å². The molecule has 0 heterocycles. The van der Waals surface area contributed by atoms with Crippen LogP contribution in [0.3, 0.4) is 0 Å². The van der Waals surface area contributed by atoms with Gasteiger partial charge in [-0.05, 0) is 49.9 Å². The fraction of sp³-hybridized carbons (Fsp3) is 0.500. The van der Waals surface area contributed by atoms with Crippen molar-refractivity contribution in [3.05, 3.63) is 29.8 Å². The molecule has 0 bridgehead atoms. The number of rotatable bonds is 2. The Labute approximate surface area is 109 Å². The van der Waals surface area contributed by atoms with Crippen LogP contribution in [0.4, 0.5) is 18.9 Å². The molecule has 0 aromatic heterocycles. The molecule has 0 unspecified atom stereocenters. The highest BCUT2D eigenvalue weighted by Gasteiger charge is 2.42. The minimum atomic E-state index is -4.13. The number of alkyl halides is 3. The minimum Gasteiger partial charge on any atom is -0.399 e. The van der Waals surface area contributed by atoms with Gasteiger partial charge >= 0.3 is 6.18 Å². The van der Waals surface area contributed by atoms with Gasteiger partial charge in [0.1, 0.15) is 0 Å². The zero-order chi connectivity index (χ0) is 14.0. The molecule has 1 aromatic rings. The van der Waals surface area contributed by atoms with Gasteiger partial charge in [-0.1, -0.05) is 0 Å². The molecular formula is C14H16F3NO. The van der Waals surface area contributed by atoms with Gasteiger partial charge in [0.25, 0.3) is 0 Å². The normalized spacial score (nSPS) is 24.2. The van der Waals surface area contributed by atoms with E-state index in [1.165, 1.54) is 0 Å². The zero-order valence-electron chi connectivity index (χ0n) is 10.4. The molecule has 2 rings (SSSR count). The molecule has 5 heteroatoms. The monoisotopic (exact) mass is 271 g/mol. The van der Waals surface area contributed by atoms with Gasteiger partial charge in [-0.15, -0.1) is 0 Å². The summed E-state index contributed by atoms with van der Waals surface area (Å²) < 4.78 is 37.6. The van der Waals surface area contributed by atoms with Gasteiger partial charge in [-0.25, -0.2) is 0 Å². The molecule has 19 heavy (non-hydrogen) atoms. The quantitative estimate of drug-likeness (QED) is 0.656. The topological polar surface area (TPSA) is 43.1 Å². The van der Waals surface area contributed by atoms with Crippen LogP contribution in [-0.2, 0) is 0 Å². The summed E-state index contributed by atoms with van der Waals surface area (Å²) in [5.41, 5.74) is 6.63. The highest BCUT2D eigenvalue weighted by atomic mass is 19.4. The van der Waals surface area contributed by atoms with Crippen LogP contribution in [-0.4, -0.2) is 12.0 Å². The first kappa shape index (κ1) is 13.9. The lowest BCUT2D eigenvalue weighted by Crippen LogP contribution is -2.30. The van der Waals surface area contributed by atoms with Gasteiger partial charge < -0.3 is 5.73 Å². The van der Waals surface area contributed by atoms with Crippen LogP contribution < -0.4 is 5.73 Å². The van der Waals surface area contributed by atoms with Crippen molar-refractivity contribution in [2.75, 3.05) is 5.73 Å². The van der Waals surface area contributed by atoms with Crippen molar-refractivity contribution in [3.8, 4) is 0 Å². The average molecular weight is 271 g/mol. The standard InChI is InChI=1S/C14H16F3NO/c15-14(16,17)11-5-1-9(2-6-11)13(19)10-3-7-12(18)8-4-10/h3-4,7-9,11H,1-2,5-6,18H2. The van der Waals surface area contributed by atoms with E-state index in [4.69, 9.17) is 5.73 Å². The Morgan fingerprint density at radius 3 is 2.05 bits per heavy atom. The molecule has 0 amide bonds. The van der Waals surface area contributed by atoms with Crippen LogP contribution >= 0.6 is 0 Å². The molecule has 0 saturated heterocycles. The number of halogens is 3. The van der Waals surface area contributed by atoms with Crippen molar-refractivity contribution in [2.24, 2.45) is 11.8 Å². The second kappa shape index (κ2) is 5.23. The van der Waals surface area contributed by atoms with Crippen molar-refractivity contribution < 1.29 is 18.0 Å². The van der Waals surface area contributed by atoms with Crippen molar-refractivity contribution in [2.45, 2.75) is 31.9 Å². The second-order valence-corrected chi connectivity index (χ2v) is 5.08. The summed E-state index contributed by atoms with van der Waals surface area (Å²) >= 11 is 0. The summed E-state index contributed by atoms with van der Waals surface area (Å²) in [5, 5.41) is 0. The molecular weight excluding hydrogens is 255 g/mol. The van der Waals surface area contributed by atoms with Gasteiger partial charge in [0.15, 0.2) is 5.78 Å². The van der Waals surface area contributed by atoms with Crippen LogP contribution in [0.5, 0.6) is 0 Å². The van der Waals surface area contributed by atoms with E-state index < -0.39 is 12.1 Å². The number of anilines is 1. The molecule has 0 aliphatic heterocycles. The summed E-state index contributed by atoms with van der Waals surface area (Å²) in [6.07, 6.45) is -3.40. The lowest BCUT2D eigenvalue weighted by atomic mass is 9.78. The SMILES string of the molecule is Nc1ccc(C(=O)C2CCC(C(F)(F)F)CC2)cc1. The Kier molecular flexibility index (Phi) is 3.83. The number of hydrogen-bond acceptors (Lipinski definition) is 2. The highest BCUT2D eigenvalue weighted by molar-refractivity contribution is 5.98. The first-order valence-electron chi connectivity index (χ1n) is 6.34. The Hall–Kier alpha value is -1.52. The number of benzene rings is 1. The molecule has 0 radical (unpaired) electrons. The Balaban J connectivity index is 1.98. The predicted octanol–water partition coefficient (Wildman–Crippen LogP) is 3.82. The first-order valence-corrected chi connectivity index (χ1v) is 6.34. The molecule has 2 nitrogen and oxygen atoms in total. The number of hydrogen-bond donors (Lipinski definition) is 1. The van der Waals surface area contributed by atoms with Crippen LogP contribution in [0.25, 0.3) is 0 Å². The molecule has 104 valence electrons. The Bertz CT molecular complexity index is 445. The van der Waals surface area contributed by atoms with Crippen molar-refractivity contribution in [1.29, 1.82) is 0 Å². The number of nitrogens with two attached hydrogens (primary N) is 1. The average Bonchev–Trinajstić information content (AvgIpc) is 2.38. The fourth-order valence-electron chi connectivity index (χ4n) is 2.57. The largest absolute Gasteiger partial charge is 0.399 e. The third-order valence-corrected chi connectivity index (χ3v) is 3.76. The molecule has 2 N–H and O–H groups in total. The van der Waals surface area contributed by atoms with E-state index in [0.717, 1.165) is 0 Å². The zero-order valence-corrected chi connectivity index (χ0v) is 10.4. The van der Waals surface area contributed by atoms with Crippen LogP contribution in [0.15, 0.2) is 24.3 Å². The lowest BCUT2D eigenvalue weighted by Gasteiger charge is -2.29. The van der Waals surface area contributed by atoms with Crippen molar-refractivity contribution in [3.63, 3.8) is 0 Å². The maximum Gasteiger partial charge on any atom is 0.391 e. The van der Waals surface area contributed by atoms with E-state index in [-0.39, 0.29) is 24.5 Å². The molecule has 0 spiro atoms. The third kappa shape index (κ3) is 3.28.